The van der Waals surface area contributed by atoms with Crippen LogP contribution in [-0.4, -0.2) is 11.3 Å². The van der Waals surface area contributed by atoms with Gasteiger partial charge in [-0.15, -0.1) is 13.2 Å². The summed E-state index contributed by atoms with van der Waals surface area (Å²) in [6.07, 6.45) is -3.22. The van der Waals surface area contributed by atoms with Crippen LogP contribution in [-0.2, 0) is 0 Å². The highest BCUT2D eigenvalue weighted by Gasteiger charge is 2.31. The molecule has 0 aliphatic heterocycles. The van der Waals surface area contributed by atoms with Crippen molar-refractivity contribution in [3.8, 4) is 5.75 Å². The highest BCUT2D eigenvalue weighted by Crippen LogP contribution is 2.28. The van der Waals surface area contributed by atoms with Crippen molar-refractivity contribution in [2.45, 2.75) is 6.36 Å². The van der Waals surface area contributed by atoms with Crippen molar-refractivity contribution in [2.24, 2.45) is 0 Å². The van der Waals surface area contributed by atoms with Gasteiger partial charge in [-0.25, -0.2) is 0 Å². The summed E-state index contributed by atoms with van der Waals surface area (Å²) >= 11 is 5.82. The van der Waals surface area contributed by atoms with Crippen molar-refractivity contribution in [2.75, 3.05) is 0 Å². The van der Waals surface area contributed by atoms with Crippen LogP contribution in [0.15, 0.2) is 30.5 Å². The van der Waals surface area contributed by atoms with Crippen molar-refractivity contribution < 1.29 is 17.9 Å². The first-order chi connectivity index (χ1) is 7.46. The molecule has 0 aliphatic rings. The van der Waals surface area contributed by atoms with Crippen LogP contribution in [0.25, 0.3) is 10.9 Å². The number of nitrogens with zero attached hydrogens (tertiary/aromatic N) is 1. The lowest BCUT2D eigenvalue weighted by Gasteiger charge is -2.09. The fraction of sp³-hybridized carbons (Fsp3) is 0.100. The van der Waals surface area contributed by atoms with Gasteiger partial charge in [-0.2, -0.15) is 0 Å². The van der Waals surface area contributed by atoms with Crippen LogP contribution >= 0.6 is 11.6 Å². The number of pyridine rings is 1. The predicted molar refractivity (Wildman–Crippen MR) is 53.4 cm³/mol. The van der Waals surface area contributed by atoms with Gasteiger partial charge in [0.15, 0.2) is 0 Å². The second-order valence-electron chi connectivity index (χ2n) is 3.02. The van der Waals surface area contributed by atoms with Gasteiger partial charge in [-0.1, -0.05) is 11.6 Å². The lowest BCUT2D eigenvalue weighted by atomic mass is 10.2. The van der Waals surface area contributed by atoms with Crippen molar-refractivity contribution in [1.29, 1.82) is 0 Å². The van der Waals surface area contributed by atoms with Crippen LogP contribution in [0, 0.1) is 0 Å². The maximum atomic E-state index is 12.0. The van der Waals surface area contributed by atoms with E-state index in [1.165, 1.54) is 30.5 Å². The van der Waals surface area contributed by atoms with Crippen molar-refractivity contribution in [1.82, 2.24) is 4.98 Å². The molecule has 0 saturated heterocycles. The number of benzene rings is 1. The molecule has 0 bridgehead atoms. The van der Waals surface area contributed by atoms with E-state index >= 15 is 0 Å². The topological polar surface area (TPSA) is 22.1 Å². The van der Waals surface area contributed by atoms with E-state index in [2.05, 4.69) is 9.72 Å². The molecule has 0 amide bonds. The molecule has 1 heterocycles. The molecule has 1 aromatic carbocycles. The molecule has 0 unspecified atom stereocenters. The first-order valence-electron chi connectivity index (χ1n) is 4.26. The minimum Gasteiger partial charge on any atom is -0.406 e. The normalized spacial score (nSPS) is 11.8. The lowest BCUT2D eigenvalue weighted by Crippen LogP contribution is -2.17. The van der Waals surface area contributed by atoms with Gasteiger partial charge in [0, 0.05) is 11.6 Å². The van der Waals surface area contributed by atoms with E-state index in [0.717, 1.165) is 0 Å². The fourth-order valence-electron chi connectivity index (χ4n) is 1.29. The highest BCUT2D eigenvalue weighted by atomic mass is 35.5. The molecule has 84 valence electrons. The van der Waals surface area contributed by atoms with Crippen LogP contribution in [0.5, 0.6) is 5.75 Å². The van der Waals surface area contributed by atoms with E-state index in [1.54, 1.807) is 0 Å². The second kappa shape index (κ2) is 3.83. The maximum Gasteiger partial charge on any atom is 0.573 e. The third-order valence-electron chi connectivity index (χ3n) is 1.89. The van der Waals surface area contributed by atoms with Crippen LogP contribution in [0.3, 0.4) is 0 Å². The number of hydrogen-bond donors (Lipinski definition) is 0. The van der Waals surface area contributed by atoms with Crippen molar-refractivity contribution in [3.05, 3.63) is 35.5 Å². The quantitative estimate of drug-likeness (QED) is 0.765. The molecule has 2 aromatic rings. The Kier molecular flexibility index (Phi) is 2.63. The Morgan fingerprint density at radius 2 is 1.94 bits per heavy atom. The van der Waals surface area contributed by atoms with Crippen LogP contribution < -0.4 is 4.74 Å². The van der Waals surface area contributed by atoms with E-state index in [1.807, 2.05) is 0 Å². The number of aromatic nitrogens is 1. The number of rotatable bonds is 1. The molecular formula is C10H5ClF3NO. The lowest BCUT2D eigenvalue weighted by molar-refractivity contribution is -0.274. The van der Waals surface area contributed by atoms with Crippen molar-refractivity contribution in [3.63, 3.8) is 0 Å². The summed E-state index contributed by atoms with van der Waals surface area (Å²) in [7, 11) is 0. The summed E-state index contributed by atoms with van der Waals surface area (Å²) in [6.45, 7) is 0. The Balaban J connectivity index is 2.47. The number of ether oxygens (including phenoxy) is 1. The van der Waals surface area contributed by atoms with Crippen molar-refractivity contribution >= 4 is 22.5 Å². The van der Waals surface area contributed by atoms with Gasteiger partial charge in [0.2, 0.25) is 0 Å². The molecule has 2 rings (SSSR count). The molecule has 0 aliphatic carbocycles. The molecular weight excluding hydrogens is 243 g/mol. The molecule has 1 aromatic heterocycles. The summed E-state index contributed by atoms with van der Waals surface area (Å²) in [5.41, 5.74) is 0.516. The van der Waals surface area contributed by atoms with Gasteiger partial charge >= 0.3 is 6.36 Å². The van der Waals surface area contributed by atoms with E-state index in [4.69, 9.17) is 11.6 Å². The number of fused-ring (bicyclic) bond motifs is 1. The second-order valence-corrected chi connectivity index (χ2v) is 3.43. The standard InChI is InChI=1S/C10H5ClF3NO/c11-8-3-4-15-9-2-1-6(5-7(8)9)16-10(12,13)14/h1-5H. The van der Waals surface area contributed by atoms with Gasteiger partial charge < -0.3 is 4.74 Å². The van der Waals surface area contributed by atoms with Gasteiger partial charge in [0.1, 0.15) is 5.75 Å². The molecule has 0 atom stereocenters. The fourth-order valence-corrected chi connectivity index (χ4v) is 1.50. The smallest absolute Gasteiger partial charge is 0.406 e. The first-order valence-corrected chi connectivity index (χ1v) is 4.63. The average molecular weight is 248 g/mol. The largest absolute Gasteiger partial charge is 0.573 e. The third-order valence-corrected chi connectivity index (χ3v) is 2.22. The summed E-state index contributed by atoms with van der Waals surface area (Å²) in [5.74, 6) is -0.310. The maximum absolute atomic E-state index is 12.0. The average Bonchev–Trinajstić information content (AvgIpc) is 2.17. The molecule has 0 fully saturated rings. The highest BCUT2D eigenvalue weighted by molar-refractivity contribution is 6.35. The predicted octanol–water partition coefficient (Wildman–Crippen LogP) is 3.79. The molecule has 0 radical (unpaired) electrons. The minimum atomic E-state index is -4.71. The summed E-state index contributed by atoms with van der Waals surface area (Å²) in [5, 5.41) is 0.753. The number of halogens is 4. The number of alkyl halides is 3. The van der Waals surface area contributed by atoms with E-state index in [9.17, 15) is 13.2 Å². The summed E-state index contributed by atoms with van der Waals surface area (Å²) in [4.78, 5) is 3.96. The van der Waals surface area contributed by atoms with Crippen LogP contribution in [0.2, 0.25) is 5.02 Å². The molecule has 2 nitrogen and oxygen atoms in total. The van der Waals surface area contributed by atoms with E-state index in [-0.39, 0.29) is 5.75 Å². The molecule has 0 N–H and O–H groups in total. The van der Waals surface area contributed by atoms with Crippen LogP contribution in [0.4, 0.5) is 13.2 Å². The Bertz CT molecular complexity index is 527. The molecule has 16 heavy (non-hydrogen) atoms. The van der Waals surface area contributed by atoms with E-state index < -0.39 is 6.36 Å². The summed E-state index contributed by atoms with van der Waals surface area (Å²) in [6, 6.07) is 5.32. The Morgan fingerprint density at radius 1 is 1.19 bits per heavy atom. The number of hydrogen-bond acceptors (Lipinski definition) is 2. The Labute approximate surface area is 93.6 Å². The Morgan fingerprint density at radius 3 is 2.62 bits per heavy atom. The minimum absolute atomic E-state index is 0.310. The van der Waals surface area contributed by atoms with Gasteiger partial charge in [0.05, 0.1) is 10.5 Å². The SMILES string of the molecule is FC(F)(F)Oc1ccc2nccc(Cl)c2c1. The zero-order chi connectivity index (χ0) is 11.8. The van der Waals surface area contributed by atoms with Gasteiger partial charge in [-0.3, -0.25) is 4.98 Å². The third kappa shape index (κ3) is 2.36. The Hall–Kier alpha value is -1.49. The summed E-state index contributed by atoms with van der Waals surface area (Å²) < 4.78 is 39.7. The van der Waals surface area contributed by atoms with Gasteiger partial charge in [-0.05, 0) is 24.3 Å². The van der Waals surface area contributed by atoms with Crippen LogP contribution in [0.1, 0.15) is 0 Å². The first kappa shape index (κ1) is 11.0. The molecule has 6 heteroatoms. The zero-order valence-electron chi connectivity index (χ0n) is 7.75. The zero-order valence-corrected chi connectivity index (χ0v) is 8.51. The molecule has 0 saturated carbocycles. The monoisotopic (exact) mass is 247 g/mol. The molecule has 0 spiro atoms. The van der Waals surface area contributed by atoms with E-state index in [0.29, 0.717) is 15.9 Å². The van der Waals surface area contributed by atoms with Gasteiger partial charge in [0.25, 0.3) is 0 Å².